The lowest BCUT2D eigenvalue weighted by molar-refractivity contribution is -0.125. The third-order valence-electron chi connectivity index (χ3n) is 4.02. The SMILES string of the molecule is CN(C(=N)N)C(=O)C1SC1c1ccc(OC(F)F)c(C2CC2)c1. The number of rotatable bonds is 5. The number of benzene rings is 1. The van der Waals surface area contributed by atoms with Gasteiger partial charge in [0, 0.05) is 7.05 Å². The van der Waals surface area contributed by atoms with Crippen molar-refractivity contribution in [3.8, 4) is 5.75 Å². The van der Waals surface area contributed by atoms with E-state index in [2.05, 4.69) is 4.74 Å². The zero-order valence-electron chi connectivity index (χ0n) is 12.5. The lowest BCUT2D eigenvalue weighted by Crippen LogP contribution is -2.40. The van der Waals surface area contributed by atoms with Crippen LogP contribution in [0.5, 0.6) is 5.75 Å². The van der Waals surface area contributed by atoms with Gasteiger partial charge in [-0.05, 0) is 36.0 Å². The molecule has 2 fully saturated rings. The Morgan fingerprint density at radius 2 is 2.17 bits per heavy atom. The lowest BCUT2D eigenvalue weighted by Gasteiger charge is -2.14. The van der Waals surface area contributed by atoms with Gasteiger partial charge in [-0.3, -0.25) is 15.1 Å². The highest BCUT2D eigenvalue weighted by Crippen LogP contribution is 2.57. The van der Waals surface area contributed by atoms with Crippen LogP contribution in [0.2, 0.25) is 0 Å². The minimum Gasteiger partial charge on any atom is -0.435 e. The molecule has 1 aromatic carbocycles. The van der Waals surface area contributed by atoms with Crippen LogP contribution in [0.3, 0.4) is 0 Å². The maximum Gasteiger partial charge on any atom is 0.387 e. The molecule has 8 heteroatoms. The Morgan fingerprint density at radius 3 is 2.74 bits per heavy atom. The summed E-state index contributed by atoms with van der Waals surface area (Å²) in [6.07, 6.45) is 1.94. The predicted molar refractivity (Wildman–Crippen MR) is 83.9 cm³/mol. The predicted octanol–water partition coefficient (Wildman–Crippen LogP) is 2.67. The molecule has 1 saturated carbocycles. The van der Waals surface area contributed by atoms with Crippen LogP contribution in [0.15, 0.2) is 18.2 Å². The quantitative estimate of drug-likeness (QED) is 0.490. The van der Waals surface area contributed by atoms with E-state index in [4.69, 9.17) is 11.1 Å². The number of hydrogen-bond acceptors (Lipinski definition) is 4. The van der Waals surface area contributed by atoms with Gasteiger partial charge in [0.1, 0.15) is 11.0 Å². The van der Waals surface area contributed by atoms with Gasteiger partial charge >= 0.3 is 6.61 Å². The number of hydrogen-bond donors (Lipinski definition) is 2. The largest absolute Gasteiger partial charge is 0.435 e. The summed E-state index contributed by atoms with van der Waals surface area (Å²) in [5.41, 5.74) is 7.03. The number of nitrogens with one attached hydrogen (secondary N) is 1. The average Bonchev–Trinajstić information content (AvgIpc) is 3.37. The van der Waals surface area contributed by atoms with E-state index in [0.717, 1.165) is 28.9 Å². The van der Waals surface area contributed by atoms with Gasteiger partial charge in [-0.2, -0.15) is 8.78 Å². The zero-order chi connectivity index (χ0) is 16.7. The second-order valence-corrected chi connectivity index (χ2v) is 7.00. The number of carbonyl (C=O) groups excluding carboxylic acids is 1. The first-order chi connectivity index (χ1) is 10.9. The van der Waals surface area contributed by atoms with Gasteiger partial charge in [0.05, 0.1) is 5.25 Å². The summed E-state index contributed by atoms with van der Waals surface area (Å²) in [6, 6.07) is 5.15. The normalized spacial score (nSPS) is 22.8. The molecule has 1 amide bonds. The van der Waals surface area contributed by atoms with E-state index in [1.54, 1.807) is 12.1 Å². The second kappa shape index (κ2) is 5.99. The first kappa shape index (κ1) is 16.0. The van der Waals surface area contributed by atoms with Crippen molar-refractivity contribution in [3.05, 3.63) is 29.3 Å². The number of alkyl halides is 2. The highest BCUT2D eigenvalue weighted by Gasteiger charge is 2.47. The molecule has 1 aliphatic heterocycles. The molecule has 2 unspecified atom stereocenters. The maximum atomic E-state index is 12.5. The van der Waals surface area contributed by atoms with E-state index in [1.807, 2.05) is 6.07 Å². The number of guanidine groups is 1. The van der Waals surface area contributed by atoms with E-state index in [0.29, 0.717) is 0 Å². The standard InChI is InChI=1S/C15H17F2N3O2S/c1-20(15(18)19)13(21)12-11(23-12)8-4-5-10(22-14(16)17)9(6-8)7-2-3-7/h4-7,11-12,14H,2-3H2,1H3,(H3,18,19). The Bertz CT molecular complexity index is 652. The highest BCUT2D eigenvalue weighted by atomic mass is 32.2. The van der Waals surface area contributed by atoms with Crippen LogP contribution in [-0.2, 0) is 4.79 Å². The maximum absolute atomic E-state index is 12.5. The van der Waals surface area contributed by atoms with Gasteiger partial charge in [-0.15, -0.1) is 11.8 Å². The van der Waals surface area contributed by atoms with Crippen LogP contribution >= 0.6 is 11.8 Å². The summed E-state index contributed by atoms with van der Waals surface area (Å²) in [7, 11) is 1.47. The minimum atomic E-state index is -2.84. The van der Waals surface area contributed by atoms with Crippen molar-refractivity contribution >= 4 is 23.6 Å². The van der Waals surface area contributed by atoms with Crippen molar-refractivity contribution in [1.82, 2.24) is 4.90 Å². The Morgan fingerprint density at radius 1 is 1.48 bits per heavy atom. The topological polar surface area (TPSA) is 79.4 Å². The lowest BCUT2D eigenvalue weighted by atomic mass is 10.0. The van der Waals surface area contributed by atoms with Crippen LogP contribution in [0.4, 0.5) is 8.78 Å². The zero-order valence-corrected chi connectivity index (χ0v) is 13.3. The molecule has 2 aliphatic rings. The molecule has 1 aliphatic carbocycles. The van der Waals surface area contributed by atoms with Gasteiger partial charge in [-0.1, -0.05) is 12.1 Å². The molecule has 2 atom stereocenters. The first-order valence-electron chi connectivity index (χ1n) is 7.24. The van der Waals surface area contributed by atoms with Crippen molar-refractivity contribution < 1.29 is 18.3 Å². The number of nitrogens with two attached hydrogens (primary N) is 1. The molecular weight excluding hydrogens is 324 g/mol. The van der Waals surface area contributed by atoms with E-state index < -0.39 is 6.61 Å². The van der Waals surface area contributed by atoms with Crippen LogP contribution in [0.1, 0.15) is 35.1 Å². The van der Waals surface area contributed by atoms with Crippen molar-refractivity contribution in [3.63, 3.8) is 0 Å². The second-order valence-electron chi connectivity index (χ2n) is 5.71. The molecule has 0 bridgehead atoms. The minimum absolute atomic E-state index is 0.0256. The Balaban J connectivity index is 1.76. The first-order valence-corrected chi connectivity index (χ1v) is 8.18. The fourth-order valence-electron chi connectivity index (χ4n) is 2.52. The molecule has 23 heavy (non-hydrogen) atoms. The van der Waals surface area contributed by atoms with Gasteiger partial charge in [-0.25, -0.2) is 0 Å². The number of nitrogens with zero attached hydrogens (tertiary/aromatic N) is 1. The van der Waals surface area contributed by atoms with Crippen molar-refractivity contribution in [2.45, 2.75) is 35.9 Å². The molecule has 1 aromatic rings. The van der Waals surface area contributed by atoms with Crippen LogP contribution in [-0.4, -0.2) is 35.7 Å². The molecule has 3 rings (SSSR count). The molecule has 0 radical (unpaired) electrons. The van der Waals surface area contributed by atoms with Gasteiger partial charge in [0.15, 0.2) is 5.96 Å². The average molecular weight is 341 g/mol. The van der Waals surface area contributed by atoms with Crippen molar-refractivity contribution in [2.24, 2.45) is 5.73 Å². The van der Waals surface area contributed by atoms with Crippen molar-refractivity contribution in [2.75, 3.05) is 7.05 Å². The van der Waals surface area contributed by atoms with Gasteiger partial charge in [0.2, 0.25) is 5.91 Å². The molecule has 0 spiro atoms. The fraction of sp³-hybridized carbons (Fsp3) is 0.467. The van der Waals surface area contributed by atoms with Crippen molar-refractivity contribution in [1.29, 1.82) is 5.41 Å². The van der Waals surface area contributed by atoms with Crippen LogP contribution < -0.4 is 10.5 Å². The smallest absolute Gasteiger partial charge is 0.387 e. The molecule has 0 aromatic heterocycles. The monoisotopic (exact) mass is 341 g/mol. The van der Waals surface area contributed by atoms with Crippen LogP contribution in [0, 0.1) is 5.41 Å². The van der Waals surface area contributed by atoms with E-state index in [1.165, 1.54) is 18.8 Å². The molecule has 124 valence electrons. The Hall–Kier alpha value is -1.83. The summed E-state index contributed by atoms with van der Waals surface area (Å²) in [6.45, 7) is -2.84. The molecule has 1 saturated heterocycles. The van der Waals surface area contributed by atoms with Gasteiger partial charge < -0.3 is 10.5 Å². The number of ether oxygens (including phenoxy) is 1. The van der Waals surface area contributed by atoms with E-state index >= 15 is 0 Å². The summed E-state index contributed by atoms with van der Waals surface area (Å²) in [4.78, 5) is 13.3. The highest BCUT2D eigenvalue weighted by molar-refractivity contribution is 8.08. The van der Waals surface area contributed by atoms with E-state index in [9.17, 15) is 13.6 Å². The fourth-order valence-corrected chi connectivity index (χ4v) is 3.60. The third-order valence-corrected chi connectivity index (χ3v) is 5.31. The van der Waals surface area contributed by atoms with Gasteiger partial charge in [0.25, 0.3) is 0 Å². The Kier molecular flexibility index (Phi) is 4.18. The van der Waals surface area contributed by atoms with Crippen LogP contribution in [0.25, 0.3) is 0 Å². The summed E-state index contributed by atoms with van der Waals surface area (Å²) in [5.74, 6) is -0.0175. The Labute approximate surface area is 136 Å². The molecular formula is C15H17F2N3O2S. The number of amides is 1. The number of thioether (sulfide) groups is 1. The third kappa shape index (κ3) is 3.41. The summed E-state index contributed by atoms with van der Waals surface area (Å²) in [5, 5.41) is 6.99. The number of carbonyl (C=O) groups is 1. The van der Waals surface area contributed by atoms with E-state index in [-0.39, 0.29) is 34.0 Å². The molecule has 5 nitrogen and oxygen atoms in total. The molecule has 1 heterocycles. The molecule has 3 N–H and O–H groups in total. The summed E-state index contributed by atoms with van der Waals surface area (Å²) >= 11 is 1.47. The summed E-state index contributed by atoms with van der Waals surface area (Å²) < 4.78 is 29.5. The number of halogens is 2.